The Morgan fingerprint density at radius 2 is 2.05 bits per heavy atom. The molecule has 2 saturated carbocycles. The molecule has 1 aromatic rings. The lowest BCUT2D eigenvalue weighted by Crippen LogP contribution is -2.42. The summed E-state index contributed by atoms with van der Waals surface area (Å²) in [6.45, 7) is 0. The number of anilines is 1. The van der Waals surface area contributed by atoms with Gasteiger partial charge in [0.1, 0.15) is 5.01 Å². The molecular weight excluding hydrogens is 292 g/mol. The molecule has 7 nitrogen and oxygen atoms in total. The minimum atomic E-state index is -0.339. The molecule has 2 atom stereocenters. The van der Waals surface area contributed by atoms with Gasteiger partial charge in [-0.15, -0.1) is 10.2 Å². The number of carbonyl (C=O) groups is 2. The van der Waals surface area contributed by atoms with Crippen LogP contribution in [0.3, 0.4) is 0 Å². The maximum absolute atomic E-state index is 12.0. The molecule has 1 aromatic heterocycles. The van der Waals surface area contributed by atoms with Gasteiger partial charge in [0, 0.05) is 12.0 Å². The molecule has 0 saturated heterocycles. The molecule has 0 bridgehead atoms. The van der Waals surface area contributed by atoms with E-state index in [2.05, 4.69) is 20.8 Å². The van der Waals surface area contributed by atoms with Crippen molar-refractivity contribution in [3.05, 3.63) is 5.01 Å². The predicted octanol–water partition coefficient (Wildman–Crippen LogP) is 1.88. The standard InChI is InChI=1S/C13H18N4O3S/c1-20-11(18)8-3-2-4-9(8)14-12(19)15-13-17-16-10(21-13)7-5-6-7/h7-9H,2-6H2,1H3,(H2,14,15,17,19)/t8-,9-/m0/s1. The molecule has 0 spiro atoms. The van der Waals surface area contributed by atoms with Crippen LogP contribution in [0.25, 0.3) is 0 Å². The summed E-state index contributed by atoms with van der Waals surface area (Å²) >= 11 is 1.42. The van der Waals surface area contributed by atoms with Crippen molar-refractivity contribution in [3.63, 3.8) is 0 Å². The third-order valence-electron chi connectivity index (χ3n) is 3.92. The van der Waals surface area contributed by atoms with E-state index in [9.17, 15) is 9.59 Å². The van der Waals surface area contributed by atoms with Crippen LogP contribution >= 0.6 is 11.3 Å². The molecule has 0 radical (unpaired) electrons. The van der Waals surface area contributed by atoms with E-state index in [1.165, 1.54) is 18.4 Å². The SMILES string of the molecule is COC(=O)[C@H]1CCC[C@@H]1NC(=O)Nc1nnc(C2CC2)s1. The Hall–Kier alpha value is -1.70. The Morgan fingerprint density at radius 3 is 2.76 bits per heavy atom. The number of nitrogens with one attached hydrogen (secondary N) is 2. The van der Waals surface area contributed by atoms with Gasteiger partial charge in [0.25, 0.3) is 0 Å². The predicted molar refractivity (Wildman–Crippen MR) is 77.2 cm³/mol. The van der Waals surface area contributed by atoms with E-state index >= 15 is 0 Å². The zero-order valence-electron chi connectivity index (χ0n) is 11.8. The molecule has 0 unspecified atom stereocenters. The number of methoxy groups -OCH3 is 1. The molecule has 3 rings (SSSR count). The lowest BCUT2D eigenvalue weighted by atomic mass is 10.0. The molecule has 2 N–H and O–H groups in total. The lowest BCUT2D eigenvalue weighted by molar-refractivity contribution is -0.145. The smallest absolute Gasteiger partial charge is 0.321 e. The van der Waals surface area contributed by atoms with Crippen LogP contribution in [-0.2, 0) is 9.53 Å². The number of carbonyl (C=O) groups excluding carboxylic acids is 2. The van der Waals surface area contributed by atoms with Crippen molar-refractivity contribution in [2.75, 3.05) is 12.4 Å². The molecule has 2 aliphatic rings. The number of rotatable bonds is 4. The van der Waals surface area contributed by atoms with Crippen molar-refractivity contribution < 1.29 is 14.3 Å². The van der Waals surface area contributed by atoms with Gasteiger partial charge in [-0.3, -0.25) is 10.1 Å². The summed E-state index contributed by atoms with van der Waals surface area (Å²) in [4.78, 5) is 23.6. The third-order valence-corrected chi connectivity index (χ3v) is 4.93. The van der Waals surface area contributed by atoms with Crippen LogP contribution in [0.15, 0.2) is 0 Å². The van der Waals surface area contributed by atoms with E-state index in [1.54, 1.807) is 0 Å². The third kappa shape index (κ3) is 3.31. The molecule has 21 heavy (non-hydrogen) atoms. The van der Waals surface area contributed by atoms with Crippen molar-refractivity contribution in [1.29, 1.82) is 0 Å². The van der Waals surface area contributed by atoms with Gasteiger partial charge in [-0.2, -0.15) is 0 Å². The largest absolute Gasteiger partial charge is 0.469 e. The molecule has 1 heterocycles. The van der Waals surface area contributed by atoms with E-state index in [0.717, 1.165) is 37.1 Å². The van der Waals surface area contributed by atoms with Gasteiger partial charge in [-0.25, -0.2) is 4.79 Å². The topological polar surface area (TPSA) is 93.2 Å². The first kappa shape index (κ1) is 14.2. The minimum Gasteiger partial charge on any atom is -0.469 e. The average Bonchev–Trinajstić information content (AvgIpc) is 3.05. The van der Waals surface area contributed by atoms with E-state index < -0.39 is 0 Å². The summed E-state index contributed by atoms with van der Waals surface area (Å²) in [6.07, 6.45) is 4.77. The van der Waals surface area contributed by atoms with Crippen molar-refractivity contribution in [1.82, 2.24) is 15.5 Å². The second-order valence-electron chi connectivity index (χ2n) is 5.49. The Balaban J connectivity index is 1.54. The van der Waals surface area contributed by atoms with Crippen LogP contribution in [0.5, 0.6) is 0 Å². The lowest BCUT2D eigenvalue weighted by Gasteiger charge is -2.18. The van der Waals surface area contributed by atoms with Crippen LogP contribution in [0.4, 0.5) is 9.93 Å². The second kappa shape index (κ2) is 5.97. The van der Waals surface area contributed by atoms with Crippen LogP contribution < -0.4 is 10.6 Å². The fourth-order valence-corrected chi connectivity index (χ4v) is 3.56. The maximum atomic E-state index is 12.0. The van der Waals surface area contributed by atoms with Gasteiger partial charge in [-0.05, 0) is 25.7 Å². The summed E-state index contributed by atoms with van der Waals surface area (Å²) in [5, 5.41) is 15.1. The first-order valence-corrected chi connectivity index (χ1v) is 7.97. The second-order valence-corrected chi connectivity index (χ2v) is 6.49. The number of urea groups is 1. The molecule has 2 fully saturated rings. The van der Waals surface area contributed by atoms with Crippen molar-refractivity contribution in [2.24, 2.45) is 5.92 Å². The number of aromatic nitrogens is 2. The van der Waals surface area contributed by atoms with Gasteiger partial charge < -0.3 is 10.1 Å². The quantitative estimate of drug-likeness (QED) is 0.828. The van der Waals surface area contributed by atoms with Gasteiger partial charge in [0.15, 0.2) is 0 Å². The van der Waals surface area contributed by atoms with Crippen LogP contribution in [0.2, 0.25) is 0 Å². The molecule has 2 amide bonds. The van der Waals surface area contributed by atoms with Crippen LogP contribution in [-0.4, -0.2) is 35.3 Å². The Kier molecular flexibility index (Phi) is 4.05. The van der Waals surface area contributed by atoms with Crippen molar-refractivity contribution in [2.45, 2.75) is 44.1 Å². The summed E-state index contributed by atoms with van der Waals surface area (Å²) in [5.74, 6) is 0.0154. The zero-order chi connectivity index (χ0) is 14.8. The Labute approximate surface area is 126 Å². The number of esters is 1. The Bertz CT molecular complexity index is 543. The van der Waals surface area contributed by atoms with Gasteiger partial charge in [0.2, 0.25) is 5.13 Å². The highest BCUT2D eigenvalue weighted by Crippen LogP contribution is 2.42. The highest BCUT2D eigenvalue weighted by molar-refractivity contribution is 7.15. The molecule has 8 heteroatoms. The maximum Gasteiger partial charge on any atom is 0.321 e. The summed E-state index contributed by atoms with van der Waals surface area (Å²) in [6, 6.07) is -0.512. The zero-order valence-corrected chi connectivity index (χ0v) is 12.6. The highest BCUT2D eigenvalue weighted by Gasteiger charge is 2.35. The first-order chi connectivity index (χ1) is 10.2. The van der Waals surface area contributed by atoms with E-state index in [4.69, 9.17) is 4.74 Å². The molecule has 2 aliphatic carbocycles. The number of amides is 2. The number of nitrogens with zero attached hydrogens (tertiary/aromatic N) is 2. The average molecular weight is 310 g/mol. The van der Waals surface area contributed by atoms with Gasteiger partial charge in [0.05, 0.1) is 13.0 Å². The van der Waals surface area contributed by atoms with Crippen molar-refractivity contribution >= 4 is 28.5 Å². The van der Waals surface area contributed by atoms with E-state index in [0.29, 0.717) is 11.0 Å². The monoisotopic (exact) mass is 310 g/mol. The summed E-state index contributed by atoms with van der Waals surface area (Å²) in [5.41, 5.74) is 0. The Morgan fingerprint density at radius 1 is 1.24 bits per heavy atom. The normalized spacial score (nSPS) is 24.6. The molecule has 114 valence electrons. The molecule has 0 aromatic carbocycles. The first-order valence-electron chi connectivity index (χ1n) is 7.16. The molecule has 0 aliphatic heterocycles. The number of hydrogen-bond donors (Lipinski definition) is 2. The number of ether oxygens (including phenoxy) is 1. The summed E-state index contributed by atoms with van der Waals surface area (Å²) in [7, 11) is 1.37. The molecular formula is C13H18N4O3S. The number of hydrogen-bond acceptors (Lipinski definition) is 6. The van der Waals surface area contributed by atoms with Crippen molar-refractivity contribution in [3.8, 4) is 0 Å². The van der Waals surface area contributed by atoms with E-state index in [-0.39, 0.29) is 24.0 Å². The highest BCUT2D eigenvalue weighted by atomic mass is 32.1. The van der Waals surface area contributed by atoms with Crippen LogP contribution in [0, 0.1) is 5.92 Å². The van der Waals surface area contributed by atoms with Crippen LogP contribution in [0.1, 0.15) is 43.0 Å². The fourth-order valence-electron chi connectivity index (χ4n) is 2.65. The van der Waals surface area contributed by atoms with Gasteiger partial charge in [-0.1, -0.05) is 17.8 Å². The van der Waals surface area contributed by atoms with E-state index in [1.807, 2.05) is 0 Å². The minimum absolute atomic E-state index is 0.173. The summed E-state index contributed by atoms with van der Waals surface area (Å²) < 4.78 is 4.77. The van der Waals surface area contributed by atoms with Gasteiger partial charge >= 0.3 is 12.0 Å². The fraction of sp³-hybridized carbons (Fsp3) is 0.692.